The first-order chi connectivity index (χ1) is 10.3. The number of nitrogens with zero attached hydrogens (tertiary/aromatic N) is 1. The highest BCUT2D eigenvalue weighted by atomic mass is 35.5. The van der Waals surface area contributed by atoms with Gasteiger partial charge in [-0.25, -0.2) is 0 Å². The largest absolute Gasteiger partial charge is 0.397 e. The van der Waals surface area contributed by atoms with Crippen LogP contribution in [0.1, 0.15) is 10.4 Å². The molecule has 0 heterocycles. The topological polar surface area (TPSA) is 58.4 Å². The molecular weight excluding hydrogens is 345 g/mol. The number of carbonyl (C=O) groups excluding carboxylic acids is 1. The molecule has 0 atom stereocenters. The van der Waals surface area contributed by atoms with Gasteiger partial charge in [0.15, 0.2) is 0 Å². The second-order valence-corrected chi connectivity index (χ2v) is 6.11. The summed E-state index contributed by atoms with van der Waals surface area (Å²) in [4.78, 5) is 14.2. The smallest absolute Gasteiger partial charge is 0.257 e. The molecule has 0 bridgehead atoms. The van der Waals surface area contributed by atoms with E-state index in [0.717, 1.165) is 5.69 Å². The first-order valence-corrected chi connectivity index (χ1v) is 7.45. The number of nitrogens with one attached hydrogen (secondary N) is 1. The zero-order chi connectivity index (χ0) is 16.4. The molecule has 22 heavy (non-hydrogen) atoms. The van der Waals surface area contributed by atoms with E-state index in [1.165, 1.54) is 6.07 Å². The van der Waals surface area contributed by atoms with Crippen LogP contribution in [0, 0.1) is 0 Å². The lowest BCUT2D eigenvalue weighted by atomic mass is 10.2. The van der Waals surface area contributed by atoms with Crippen LogP contribution in [0.4, 0.5) is 17.1 Å². The van der Waals surface area contributed by atoms with E-state index in [1.807, 2.05) is 19.0 Å². The molecule has 1 amide bonds. The zero-order valence-electron chi connectivity index (χ0n) is 12.0. The molecule has 4 nitrogen and oxygen atoms in total. The minimum absolute atomic E-state index is 0.268. The van der Waals surface area contributed by atoms with Gasteiger partial charge in [-0.2, -0.15) is 0 Å². The Hall–Kier alpha value is -1.62. The molecule has 7 heteroatoms. The molecule has 0 aliphatic heterocycles. The Balaban J connectivity index is 2.34. The predicted octanol–water partition coefficient (Wildman–Crippen LogP) is 4.55. The highest BCUT2D eigenvalue weighted by molar-refractivity contribution is 6.38. The summed E-state index contributed by atoms with van der Waals surface area (Å²) in [7, 11) is 3.70. The van der Waals surface area contributed by atoms with Crippen molar-refractivity contribution < 1.29 is 4.79 Å². The van der Waals surface area contributed by atoms with Crippen LogP contribution in [0.15, 0.2) is 30.3 Å². The first-order valence-electron chi connectivity index (χ1n) is 6.32. The van der Waals surface area contributed by atoms with E-state index in [1.54, 1.807) is 24.3 Å². The lowest BCUT2D eigenvalue weighted by Gasteiger charge is -2.18. The van der Waals surface area contributed by atoms with Crippen LogP contribution in [0.25, 0.3) is 0 Å². The number of hydrogen-bond acceptors (Lipinski definition) is 3. The average Bonchev–Trinajstić information content (AvgIpc) is 2.41. The van der Waals surface area contributed by atoms with Crippen molar-refractivity contribution in [1.29, 1.82) is 0 Å². The van der Waals surface area contributed by atoms with Gasteiger partial charge in [-0.3, -0.25) is 4.79 Å². The maximum absolute atomic E-state index is 12.3. The molecule has 116 valence electrons. The summed E-state index contributed by atoms with van der Waals surface area (Å²) in [5, 5.41) is 3.81. The summed E-state index contributed by atoms with van der Waals surface area (Å²) in [6.07, 6.45) is 0. The number of anilines is 3. The monoisotopic (exact) mass is 357 g/mol. The molecule has 0 aliphatic carbocycles. The van der Waals surface area contributed by atoms with Crippen LogP contribution in [0.2, 0.25) is 15.1 Å². The second kappa shape index (κ2) is 6.65. The third-order valence-electron chi connectivity index (χ3n) is 3.02. The van der Waals surface area contributed by atoms with Crippen molar-refractivity contribution >= 4 is 57.8 Å². The Labute approximate surface area is 143 Å². The van der Waals surface area contributed by atoms with E-state index >= 15 is 0 Å². The van der Waals surface area contributed by atoms with Crippen molar-refractivity contribution in [2.45, 2.75) is 0 Å². The lowest BCUT2D eigenvalue weighted by Crippen LogP contribution is -2.15. The number of nitrogens with two attached hydrogens (primary N) is 1. The summed E-state index contributed by atoms with van der Waals surface area (Å²) < 4.78 is 0. The summed E-state index contributed by atoms with van der Waals surface area (Å²) in [6.45, 7) is 0. The fourth-order valence-electron chi connectivity index (χ4n) is 1.92. The van der Waals surface area contributed by atoms with Crippen molar-refractivity contribution in [2.24, 2.45) is 0 Å². The maximum Gasteiger partial charge on any atom is 0.257 e. The summed E-state index contributed by atoms with van der Waals surface area (Å²) in [5.41, 5.74) is 7.94. The van der Waals surface area contributed by atoms with Gasteiger partial charge < -0.3 is 16.0 Å². The highest BCUT2D eigenvalue weighted by Crippen LogP contribution is 2.33. The van der Waals surface area contributed by atoms with Crippen molar-refractivity contribution in [2.75, 3.05) is 30.0 Å². The normalized spacial score (nSPS) is 10.4. The molecular formula is C15H14Cl3N3O. The number of carbonyl (C=O) groups is 1. The van der Waals surface area contributed by atoms with Gasteiger partial charge in [-0.15, -0.1) is 0 Å². The van der Waals surface area contributed by atoms with Crippen molar-refractivity contribution in [3.63, 3.8) is 0 Å². The maximum atomic E-state index is 12.3. The van der Waals surface area contributed by atoms with Crippen LogP contribution < -0.4 is 16.0 Å². The SMILES string of the molecule is CN(C)c1cc(NC(=O)c2ccc(Cl)cc2Cl)c(Cl)cc1N. The number of hydrogen-bond donors (Lipinski definition) is 2. The Bertz CT molecular complexity index is 732. The van der Waals surface area contributed by atoms with E-state index in [4.69, 9.17) is 40.5 Å². The van der Waals surface area contributed by atoms with Gasteiger partial charge in [-0.1, -0.05) is 34.8 Å². The van der Waals surface area contributed by atoms with Gasteiger partial charge in [0.25, 0.3) is 5.91 Å². The van der Waals surface area contributed by atoms with Gasteiger partial charge >= 0.3 is 0 Å². The lowest BCUT2D eigenvalue weighted by molar-refractivity contribution is 0.102. The van der Waals surface area contributed by atoms with Crippen LogP contribution >= 0.6 is 34.8 Å². The molecule has 0 spiro atoms. The summed E-state index contributed by atoms with van der Waals surface area (Å²) >= 11 is 18.0. The second-order valence-electron chi connectivity index (χ2n) is 4.86. The van der Waals surface area contributed by atoms with Gasteiger partial charge in [0.2, 0.25) is 0 Å². The van der Waals surface area contributed by atoms with E-state index in [9.17, 15) is 4.79 Å². The molecule has 0 saturated heterocycles. The molecule has 0 saturated carbocycles. The van der Waals surface area contributed by atoms with E-state index in [0.29, 0.717) is 27.0 Å². The highest BCUT2D eigenvalue weighted by Gasteiger charge is 2.14. The summed E-state index contributed by atoms with van der Waals surface area (Å²) in [5.74, 6) is -0.377. The Kier molecular flexibility index (Phi) is 5.06. The van der Waals surface area contributed by atoms with Crippen LogP contribution in [-0.2, 0) is 0 Å². The van der Waals surface area contributed by atoms with Crippen molar-refractivity contribution in [1.82, 2.24) is 0 Å². The van der Waals surface area contributed by atoms with Crippen LogP contribution in [-0.4, -0.2) is 20.0 Å². The standard InChI is InChI=1S/C15H14Cl3N3O/c1-21(2)14-7-13(11(18)6-12(14)19)20-15(22)9-4-3-8(16)5-10(9)17/h3-7H,19H2,1-2H3,(H,20,22). The van der Waals surface area contributed by atoms with Crippen LogP contribution in [0.5, 0.6) is 0 Å². The van der Waals surface area contributed by atoms with Gasteiger partial charge in [0, 0.05) is 19.1 Å². The Morgan fingerprint density at radius 2 is 1.77 bits per heavy atom. The quantitative estimate of drug-likeness (QED) is 0.792. The van der Waals surface area contributed by atoms with Crippen molar-refractivity contribution in [3.05, 3.63) is 51.0 Å². The van der Waals surface area contributed by atoms with Crippen molar-refractivity contribution in [3.8, 4) is 0 Å². The number of rotatable bonds is 3. The van der Waals surface area contributed by atoms with Gasteiger partial charge in [0.1, 0.15) is 0 Å². The number of halogens is 3. The fraction of sp³-hybridized carbons (Fsp3) is 0.133. The molecule has 0 unspecified atom stereocenters. The van der Waals surface area contributed by atoms with E-state index in [-0.39, 0.29) is 10.9 Å². The van der Waals surface area contributed by atoms with Crippen LogP contribution in [0.3, 0.4) is 0 Å². The minimum Gasteiger partial charge on any atom is -0.397 e. The molecule has 0 fully saturated rings. The Morgan fingerprint density at radius 1 is 1.09 bits per heavy atom. The molecule has 2 aromatic carbocycles. The Morgan fingerprint density at radius 3 is 2.36 bits per heavy atom. The number of benzene rings is 2. The summed E-state index contributed by atoms with van der Waals surface area (Å²) in [6, 6.07) is 7.96. The van der Waals surface area contributed by atoms with Gasteiger partial charge in [-0.05, 0) is 30.3 Å². The third kappa shape index (κ3) is 3.58. The molecule has 2 rings (SSSR count). The number of nitrogen functional groups attached to an aromatic ring is 1. The first kappa shape index (κ1) is 16.7. The molecule has 0 aliphatic rings. The fourth-order valence-corrected chi connectivity index (χ4v) is 2.64. The molecule has 0 radical (unpaired) electrons. The molecule has 3 N–H and O–H groups in total. The average molecular weight is 359 g/mol. The number of amides is 1. The van der Waals surface area contributed by atoms with Gasteiger partial charge in [0.05, 0.1) is 32.7 Å². The third-order valence-corrected chi connectivity index (χ3v) is 3.88. The molecule has 0 aromatic heterocycles. The zero-order valence-corrected chi connectivity index (χ0v) is 14.2. The van der Waals surface area contributed by atoms with E-state index < -0.39 is 0 Å². The van der Waals surface area contributed by atoms with E-state index in [2.05, 4.69) is 5.32 Å². The minimum atomic E-state index is -0.377. The molecule has 2 aromatic rings. The predicted molar refractivity (Wildman–Crippen MR) is 94.6 cm³/mol.